The predicted octanol–water partition coefficient (Wildman–Crippen LogP) is 8.99. The number of aliphatic carboxylic acids is 3. The van der Waals surface area contributed by atoms with Crippen LogP contribution in [0.5, 0.6) is 0 Å². The van der Waals surface area contributed by atoms with E-state index in [1.54, 1.807) is 0 Å². The lowest BCUT2D eigenvalue weighted by Crippen LogP contribution is -2.72. The molecule has 0 aliphatic rings. The second kappa shape index (κ2) is 24.7. The second-order valence-corrected chi connectivity index (χ2v) is 11.9. The summed E-state index contributed by atoms with van der Waals surface area (Å²) in [6.45, 7) is 8.14. The summed E-state index contributed by atoms with van der Waals surface area (Å²) in [5.41, 5.74) is 0. The first-order valence-electron chi connectivity index (χ1n) is 16.9. The van der Waals surface area contributed by atoms with Gasteiger partial charge in [-0.2, -0.15) is 0 Å². The van der Waals surface area contributed by atoms with Crippen LogP contribution in [0.2, 0.25) is 0 Å². The fraction of sp³-hybridized carbons (Fsp3) is 0.853. The number of rotatable bonds is 29. The summed E-state index contributed by atoms with van der Waals surface area (Å²) in [4.78, 5) is 37.7. The summed E-state index contributed by atoms with van der Waals surface area (Å²) in [7, 11) is 0. The molecule has 0 aromatic carbocycles. The molecule has 0 aromatic rings. The first kappa shape index (κ1) is 39.1. The van der Waals surface area contributed by atoms with Gasteiger partial charge in [-0.25, -0.2) is 14.4 Å². The van der Waals surface area contributed by atoms with Crippen LogP contribution in [0.15, 0.2) is 12.2 Å². The van der Waals surface area contributed by atoms with Gasteiger partial charge in [-0.1, -0.05) is 97.6 Å². The molecule has 0 amide bonds. The predicted molar refractivity (Wildman–Crippen MR) is 168 cm³/mol. The van der Waals surface area contributed by atoms with Crippen molar-refractivity contribution in [3.63, 3.8) is 0 Å². The minimum Gasteiger partial charge on any atom is -0.477 e. The van der Waals surface area contributed by atoms with Crippen LogP contribution in [0.4, 0.5) is 0 Å². The van der Waals surface area contributed by atoms with Crippen LogP contribution in [-0.2, 0) is 14.4 Å². The van der Waals surface area contributed by atoms with Crippen LogP contribution in [0.25, 0.3) is 0 Å². The number of carbonyl (C=O) groups is 3. The number of quaternary nitrogens is 1. The average molecular weight is 583 g/mol. The van der Waals surface area contributed by atoms with E-state index >= 15 is 0 Å². The van der Waals surface area contributed by atoms with Crippen LogP contribution in [0, 0.1) is 0 Å². The van der Waals surface area contributed by atoms with Crippen molar-refractivity contribution in [2.45, 2.75) is 181 Å². The van der Waals surface area contributed by atoms with Crippen LogP contribution in [-0.4, -0.2) is 62.4 Å². The van der Waals surface area contributed by atoms with Gasteiger partial charge in [0.05, 0.1) is 6.54 Å². The molecule has 0 fully saturated rings. The Morgan fingerprint density at radius 2 is 0.805 bits per heavy atom. The van der Waals surface area contributed by atoms with Crippen LogP contribution >= 0.6 is 0 Å². The van der Waals surface area contributed by atoms with Crippen LogP contribution < -0.4 is 0 Å². The molecule has 7 nitrogen and oxygen atoms in total. The molecule has 0 heterocycles. The first-order valence-corrected chi connectivity index (χ1v) is 16.9. The zero-order valence-corrected chi connectivity index (χ0v) is 27.0. The van der Waals surface area contributed by atoms with E-state index in [1.165, 1.54) is 70.6 Å². The van der Waals surface area contributed by atoms with Gasteiger partial charge in [0.15, 0.2) is 18.1 Å². The van der Waals surface area contributed by atoms with Crippen molar-refractivity contribution in [3.05, 3.63) is 12.2 Å². The Morgan fingerprint density at radius 1 is 0.488 bits per heavy atom. The molecule has 0 saturated heterocycles. The maximum absolute atomic E-state index is 12.6. The number of nitrogens with zero attached hydrogens (tertiary/aromatic N) is 1. The minimum atomic E-state index is -1.08. The van der Waals surface area contributed by atoms with E-state index < -0.39 is 36.0 Å². The summed E-state index contributed by atoms with van der Waals surface area (Å²) in [5.74, 6) is -3.25. The Morgan fingerprint density at radius 3 is 1.12 bits per heavy atom. The van der Waals surface area contributed by atoms with Gasteiger partial charge in [0.25, 0.3) is 0 Å². The highest BCUT2D eigenvalue weighted by molar-refractivity contribution is 5.78. The molecule has 41 heavy (non-hydrogen) atoms. The van der Waals surface area contributed by atoms with Gasteiger partial charge >= 0.3 is 17.9 Å². The first-order chi connectivity index (χ1) is 19.7. The monoisotopic (exact) mass is 582 g/mol. The fourth-order valence-corrected chi connectivity index (χ4v) is 6.46. The van der Waals surface area contributed by atoms with E-state index in [4.69, 9.17) is 0 Å². The van der Waals surface area contributed by atoms with Gasteiger partial charge in [-0.05, 0) is 57.8 Å². The van der Waals surface area contributed by atoms with E-state index in [2.05, 4.69) is 19.1 Å². The van der Waals surface area contributed by atoms with Crippen molar-refractivity contribution in [2.75, 3.05) is 6.54 Å². The Bertz CT molecular complexity index is 662. The third-order valence-corrected chi connectivity index (χ3v) is 8.59. The van der Waals surface area contributed by atoms with Crippen LogP contribution in [0.1, 0.15) is 163 Å². The molecular formula is C34H64NO6+. The lowest BCUT2D eigenvalue weighted by atomic mass is 9.91. The molecule has 3 unspecified atom stereocenters. The molecule has 0 aromatic heterocycles. The summed E-state index contributed by atoms with van der Waals surface area (Å²) >= 11 is 0. The van der Waals surface area contributed by atoms with E-state index in [0.717, 1.165) is 19.3 Å². The highest BCUT2D eigenvalue weighted by atomic mass is 16.4. The zero-order chi connectivity index (χ0) is 30.9. The topological polar surface area (TPSA) is 112 Å². The molecule has 0 radical (unpaired) electrons. The Kier molecular flexibility index (Phi) is 23.5. The van der Waals surface area contributed by atoms with Gasteiger partial charge in [-0.3, -0.25) is 4.48 Å². The Hall–Kier alpha value is -1.89. The normalized spacial score (nSPS) is 15.4. The molecule has 3 atom stereocenters. The number of hydrogen-bond acceptors (Lipinski definition) is 3. The third-order valence-electron chi connectivity index (χ3n) is 8.59. The molecule has 240 valence electrons. The number of carboxylic acid groups (broad SMARTS) is 3. The molecule has 0 saturated carbocycles. The average Bonchev–Trinajstić information content (AvgIpc) is 2.93. The van der Waals surface area contributed by atoms with Crippen molar-refractivity contribution in [1.82, 2.24) is 0 Å². The lowest BCUT2D eigenvalue weighted by molar-refractivity contribution is -0.973. The SMILES string of the molecule is CCCCC/C=C/CCCCCCCCCCCC[N+](C(CCC)C(=O)O)(C(CCC)C(=O)O)C(CCC)C(=O)O. The number of unbranched alkanes of at least 4 members (excludes halogenated alkanes) is 13. The van der Waals surface area contributed by atoms with Gasteiger partial charge in [0.1, 0.15) is 0 Å². The third kappa shape index (κ3) is 15.2. The smallest absolute Gasteiger partial charge is 0.362 e. The highest BCUT2D eigenvalue weighted by Crippen LogP contribution is 2.34. The summed E-state index contributed by atoms with van der Waals surface area (Å²) in [6, 6.07) is -3.13. The standard InChI is InChI=1S/C34H63NO6/c1-5-9-10-11-12-13-14-15-16-17-18-19-20-21-22-23-24-28-35(29(25-6-2)32(36)37,30(26-7-3)33(38)39)31(27-8-4)34(40)41/h12-13,29-31H,5-11,14-28H2,1-4H3,(H2-,36,37,38,39,40,41)/p+1/b13-12+. The molecule has 0 bridgehead atoms. The van der Waals surface area contributed by atoms with Gasteiger partial charge < -0.3 is 15.3 Å². The quantitative estimate of drug-likeness (QED) is 0.0461. The lowest BCUT2D eigenvalue weighted by Gasteiger charge is -2.50. The number of carboxylic acids is 3. The minimum absolute atomic E-state index is 0.269. The Labute approximate surface area is 251 Å². The largest absolute Gasteiger partial charge is 0.477 e. The summed E-state index contributed by atoms with van der Waals surface area (Å²) < 4.78 is -0.372. The Balaban J connectivity index is 5.00. The van der Waals surface area contributed by atoms with Crippen molar-refractivity contribution in [2.24, 2.45) is 0 Å². The van der Waals surface area contributed by atoms with Crippen molar-refractivity contribution >= 4 is 17.9 Å². The number of allylic oxidation sites excluding steroid dienone is 2. The van der Waals surface area contributed by atoms with Gasteiger partial charge in [-0.15, -0.1) is 0 Å². The van der Waals surface area contributed by atoms with Gasteiger partial charge in [0, 0.05) is 19.3 Å². The fourth-order valence-electron chi connectivity index (χ4n) is 6.46. The maximum atomic E-state index is 12.6. The van der Waals surface area contributed by atoms with Crippen molar-refractivity contribution in [3.8, 4) is 0 Å². The molecule has 0 rings (SSSR count). The molecule has 3 N–H and O–H groups in total. The zero-order valence-electron chi connectivity index (χ0n) is 27.0. The molecule has 7 heteroatoms. The molecule has 0 aliphatic carbocycles. The van der Waals surface area contributed by atoms with E-state index in [1.807, 2.05) is 20.8 Å². The molecule has 0 spiro atoms. The summed E-state index contributed by atoms with van der Waals surface area (Å²) in [6.07, 6.45) is 24.6. The van der Waals surface area contributed by atoms with Crippen LogP contribution in [0.3, 0.4) is 0 Å². The number of hydrogen-bond donors (Lipinski definition) is 3. The van der Waals surface area contributed by atoms with E-state index in [0.29, 0.717) is 25.7 Å². The van der Waals surface area contributed by atoms with Crippen molar-refractivity contribution in [1.29, 1.82) is 0 Å². The molecular weight excluding hydrogens is 518 g/mol. The van der Waals surface area contributed by atoms with Crippen molar-refractivity contribution < 1.29 is 34.2 Å². The summed E-state index contributed by atoms with van der Waals surface area (Å²) in [5, 5.41) is 30.8. The van der Waals surface area contributed by atoms with E-state index in [9.17, 15) is 29.7 Å². The molecule has 0 aliphatic heterocycles. The maximum Gasteiger partial charge on any atom is 0.362 e. The second-order valence-electron chi connectivity index (χ2n) is 11.9. The highest BCUT2D eigenvalue weighted by Gasteiger charge is 2.56. The van der Waals surface area contributed by atoms with Gasteiger partial charge in [0.2, 0.25) is 0 Å². The van der Waals surface area contributed by atoms with E-state index in [-0.39, 0.29) is 30.3 Å².